The molecule has 1 aromatic rings. The summed E-state index contributed by atoms with van der Waals surface area (Å²) in [6, 6.07) is 5.00. The second kappa shape index (κ2) is 5.92. The van der Waals surface area contributed by atoms with Crippen molar-refractivity contribution in [2.24, 2.45) is 5.92 Å². The fraction of sp³-hybridized carbons (Fsp3) is 0.455. The summed E-state index contributed by atoms with van der Waals surface area (Å²) in [6.07, 6.45) is 0.716. The van der Waals surface area contributed by atoms with Gasteiger partial charge in [0.25, 0.3) is 5.69 Å². The normalized spacial score (nSPS) is 11.7. The highest BCUT2D eigenvalue weighted by atomic mass is 32.2. The third kappa shape index (κ3) is 4.08. The maximum atomic E-state index is 11.9. The standard InChI is InChI=1S/C11H16N2O4S/c1-9(2)6-7-12-18(16,17)11-5-3-4-10(8-11)13(14)15/h3-5,8-9,12H,6-7H2,1-2H3. The van der Waals surface area contributed by atoms with Crippen molar-refractivity contribution in [1.29, 1.82) is 0 Å². The Morgan fingerprint density at radius 1 is 1.39 bits per heavy atom. The van der Waals surface area contributed by atoms with Gasteiger partial charge in [0, 0.05) is 18.7 Å². The van der Waals surface area contributed by atoms with Gasteiger partial charge in [-0.1, -0.05) is 19.9 Å². The van der Waals surface area contributed by atoms with E-state index in [1.165, 1.54) is 18.2 Å². The first-order valence-electron chi connectivity index (χ1n) is 5.57. The van der Waals surface area contributed by atoms with E-state index in [1.807, 2.05) is 13.8 Å². The number of nitro groups is 1. The molecule has 1 N–H and O–H groups in total. The summed E-state index contributed by atoms with van der Waals surface area (Å²) in [5.74, 6) is 0.387. The summed E-state index contributed by atoms with van der Waals surface area (Å²) in [5, 5.41) is 10.6. The van der Waals surface area contributed by atoms with Gasteiger partial charge in [-0.15, -0.1) is 0 Å². The number of rotatable bonds is 6. The van der Waals surface area contributed by atoms with E-state index in [9.17, 15) is 18.5 Å². The van der Waals surface area contributed by atoms with Crippen LogP contribution in [0.25, 0.3) is 0 Å². The van der Waals surface area contributed by atoms with E-state index in [-0.39, 0.29) is 10.6 Å². The third-order valence-corrected chi connectivity index (χ3v) is 3.81. The molecule has 0 radical (unpaired) electrons. The number of non-ortho nitro benzene ring substituents is 1. The Balaban J connectivity index is 2.85. The molecule has 0 saturated carbocycles. The molecule has 1 rings (SSSR count). The maximum absolute atomic E-state index is 11.9. The molecule has 0 heterocycles. The second-order valence-corrected chi connectivity index (χ2v) is 6.10. The SMILES string of the molecule is CC(C)CCNS(=O)(=O)c1cccc([N+](=O)[O-])c1. The number of benzene rings is 1. The maximum Gasteiger partial charge on any atom is 0.270 e. The monoisotopic (exact) mass is 272 g/mol. The average Bonchev–Trinajstić information content (AvgIpc) is 2.28. The Morgan fingerprint density at radius 2 is 2.06 bits per heavy atom. The summed E-state index contributed by atoms with van der Waals surface area (Å²) in [6.45, 7) is 4.30. The minimum Gasteiger partial charge on any atom is -0.258 e. The zero-order valence-electron chi connectivity index (χ0n) is 10.3. The Hall–Kier alpha value is -1.47. The van der Waals surface area contributed by atoms with Crippen molar-refractivity contribution in [1.82, 2.24) is 4.72 Å². The molecule has 1 aromatic carbocycles. The molecule has 0 aliphatic heterocycles. The number of sulfonamides is 1. The summed E-state index contributed by atoms with van der Waals surface area (Å²) in [7, 11) is -3.67. The fourth-order valence-corrected chi connectivity index (χ4v) is 2.42. The van der Waals surface area contributed by atoms with Gasteiger partial charge < -0.3 is 0 Å². The molecule has 0 saturated heterocycles. The highest BCUT2D eigenvalue weighted by Gasteiger charge is 2.16. The largest absolute Gasteiger partial charge is 0.270 e. The van der Waals surface area contributed by atoms with Crippen molar-refractivity contribution in [2.75, 3.05) is 6.54 Å². The molecule has 0 aliphatic rings. The van der Waals surface area contributed by atoms with Crippen LogP contribution in [0.2, 0.25) is 0 Å². The summed E-state index contributed by atoms with van der Waals surface area (Å²) in [4.78, 5) is 9.87. The lowest BCUT2D eigenvalue weighted by atomic mass is 10.1. The summed E-state index contributed by atoms with van der Waals surface area (Å²) in [5.41, 5.74) is -0.235. The second-order valence-electron chi connectivity index (χ2n) is 4.33. The quantitative estimate of drug-likeness (QED) is 0.632. The van der Waals surface area contributed by atoms with Crippen LogP contribution in [0.4, 0.5) is 5.69 Å². The van der Waals surface area contributed by atoms with Crippen molar-refractivity contribution in [2.45, 2.75) is 25.2 Å². The fourth-order valence-electron chi connectivity index (χ4n) is 1.33. The van der Waals surface area contributed by atoms with E-state index in [2.05, 4.69) is 4.72 Å². The topological polar surface area (TPSA) is 89.3 Å². The van der Waals surface area contributed by atoms with Gasteiger partial charge in [0.2, 0.25) is 10.0 Å². The Kier molecular flexibility index (Phi) is 4.80. The molecule has 7 heteroatoms. The minimum atomic E-state index is -3.67. The lowest BCUT2D eigenvalue weighted by Gasteiger charge is -2.08. The van der Waals surface area contributed by atoms with Crippen LogP contribution in [0.15, 0.2) is 29.2 Å². The Morgan fingerprint density at radius 3 is 2.61 bits per heavy atom. The molecule has 0 aromatic heterocycles. The minimum absolute atomic E-state index is 0.0829. The van der Waals surface area contributed by atoms with Gasteiger partial charge in [0.15, 0.2) is 0 Å². The first kappa shape index (κ1) is 14.6. The molecule has 0 aliphatic carbocycles. The van der Waals surface area contributed by atoms with E-state index < -0.39 is 14.9 Å². The van der Waals surface area contributed by atoms with Gasteiger partial charge in [0.05, 0.1) is 9.82 Å². The Labute approximate surface area is 106 Å². The molecule has 0 bridgehead atoms. The van der Waals surface area contributed by atoms with Crippen molar-refractivity contribution >= 4 is 15.7 Å². The lowest BCUT2D eigenvalue weighted by molar-refractivity contribution is -0.385. The van der Waals surface area contributed by atoms with Crippen LogP contribution in [0.3, 0.4) is 0 Å². The molecule has 100 valence electrons. The van der Waals surface area contributed by atoms with Crippen LogP contribution in [-0.4, -0.2) is 19.9 Å². The van der Waals surface area contributed by atoms with E-state index in [1.54, 1.807) is 0 Å². The molecule has 6 nitrogen and oxygen atoms in total. The number of nitrogens with one attached hydrogen (secondary N) is 1. The van der Waals surface area contributed by atoms with Gasteiger partial charge >= 0.3 is 0 Å². The van der Waals surface area contributed by atoms with Crippen molar-refractivity contribution in [3.63, 3.8) is 0 Å². The van der Waals surface area contributed by atoms with Crippen molar-refractivity contribution in [3.8, 4) is 0 Å². The predicted octanol–water partition coefficient (Wildman–Crippen LogP) is 1.92. The van der Waals surface area contributed by atoms with Gasteiger partial charge in [-0.2, -0.15) is 0 Å². The first-order valence-corrected chi connectivity index (χ1v) is 7.05. The molecule has 0 amide bonds. The molecular formula is C11H16N2O4S. The van der Waals surface area contributed by atoms with Crippen LogP contribution >= 0.6 is 0 Å². The zero-order valence-corrected chi connectivity index (χ0v) is 11.1. The lowest BCUT2D eigenvalue weighted by Crippen LogP contribution is -2.25. The molecule has 0 unspecified atom stereocenters. The Bertz CT molecular complexity index is 526. The van der Waals surface area contributed by atoms with E-state index >= 15 is 0 Å². The summed E-state index contributed by atoms with van der Waals surface area (Å²) < 4.78 is 26.1. The van der Waals surface area contributed by atoms with Crippen molar-refractivity contribution in [3.05, 3.63) is 34.4 Å². The molecule has 18 heavy (non-hydrogen) atoms. The van der Waals surface area contributed by atoms with Crippen LogP contribution in [-0.2, 0) is 10.0 Å². The van der Waals surface area contributed by atoms with Crippen LogP contribution in [0.5, 0.6) is 0 Å². The van der Waals surface area contributed by atoms with E-state index in [4.69, 9.17) is 0 Å². The molecule has 0 atom stereocenters. The zero-order chi connectivity index (χ0) is 13.8. The average molecular weight is 272 g/mol. The number of nitro benzene ring substituents is 1. The third-order valence-electron chi connectivity index (χ3n) is 2.35. The van der Waals surface area contributed by atoms with Crippen LogP contribution < -0.4 is 4.72 Å². The van der Waals surface area contributed by atoms with Gasteiger partial charge in [0.1, 0.15) is 0 Å². The summed E-state index contributed by atoms with van der Waals surface area (Å²) >= 11 is 0. The van der Waals surface area contributed by atoms with Gasteiger partial charge in [-0.05, 0) is 18.4 Å². The van der Waals surface area contributed by atoms with Gasteiger partial charge in [-0.3, -0.25) is 10.1 Å². The molecular weight excluding hydrogens is 256 g/mol. The molecule has 0 spiro atoms. The highest BCUT2D eigenvalue weighted by molar-refractivity contribution is 7.89. The van der Waals surface area contributed by atoms with Crippen molar-refractivity contribution < 1.29 is 13.3 Å². The van der Waals surface area contributed by atoms with E-state index in [0.717, 1.165) is 6.07 Å². The van der Waals surface area contributed by atoms with Crippen LogP contribution in [0, 0.1) is 16.0 Å². The van der Waals surface area contributed by atoms with Gasteiger partial charge in [-0.25, -0.2) is 13.1 Å². The molecule has 0 fully saturated rings. The highest BCUT2D eigenvalue weighted by Crippen LogP contribution is 2.17. The smallest absolute Gasteiger partial charge is 0.258 e. The number of hydrogen-bond acceptors (Lipinski definition) is 4. The van der Waals surface area contributed by atoms with Crippen LogP contribution in [0.1, 0.15) is 20.3 Å². The number of hydrogen-bond donors (Lipinski definition) is 1. The first-order chi connectivity index (χ1) is 8.33. The number of nitrogens with zero attached hydrogens (tertiary/aromatic N) is 1. The predicted molar refractivity (Wildman–Crippen MR) is 67.7 cm³/mol. The van der Waals surface area contributed by atoms with E-state index in [0.29, 0.717) is 18.9 Å².